The summed E-state index contributed by atoms with van der Waals surface area (Å²) in [6.45, 7) is 1.84. The molecular weight excluding hydrogens is 120 g/mol. The fourth-order valence-electron chi connectivity index (χ4n) is 0.695. The molecule has 9 heavy (non-hydrogen) atoms. The van der Waals surface area contributed by atoms with Crippen molar-refractivity contribution in [1.82, 2.24) is 10.3 Å². The summed E-state index contributed by atoms with van der Waals surface area (Å²) in [6, 6.07) is 0. The van der Waals surface area contributed by atoms with Crippen molar-refractivity contribution in [3.63, 3.8) is 0 Å². The summed E-state index contributed by atoms with van der Waals surface area (Å²) >= 11 is 0. The average molecular weight is 124 g/mol. The number of hydrogen-bond acceptors (Lipinski definition) is 4. The molecule has 4 heteroatoms. The van der Waals surface area contributed by atoms with Gasteiger partial charge < -0.3 is 9.05 Å². The molecule has 0 aliphatic heterocycles. The van der Waals surface area contributed by atoms with Gasteiger partial charge in [0.05, 0.1) is 11.9 Å². The predicted octanol–water partition coefficient (Wildman–Crippen LogP) is 1.12. The third-order valence-corrected chi connectivity index (χ3v) is 1.19. The average Bonchev–Trinajstić information content (AvgIpc) is 2.35. The fourth-order valence-corrected chi connectivity index (χ4v) is 0.695. The van der Waals surface area contributed by atoms with E-state index in [0.29, 0.717) is 5.78 Å². The summed E-state index contributed by atoms with van der Waals surface area (Å²) in [5.74, 6) is 0.396. The van der Waals surface area contributed by atoms with Gasteiger partial charge in [-0.15, -0.1) is 0 Å². The smallest absolute Gasteiger partial charge is 0.315 e. The Morgan fingerprint density at radius 1 is 1.44 bits per heavy atom. The molecule has 2 heterocycles. The molecule has 46 valence electrons. The van der Waals surface area contributed by atoms with Gasteiger partial charge in [-0.2, -0.15) is 0 Å². The van der Waals surface area contributed by atoms with E-state index in [1.54, 1.807) is 6.20 Å². The number of aromatic nitrogens is 2. The molecule has 4 nitrogen and oxygen atoms in total. The van der Waals surface area contributed by atoms with Gasteiger partial charge >= 0.3 is 5.78 Å². The van der Waals surface area contributed by atoms with E-state index in [1.807, 2.05) is 6.92 Å². The second-order valence-electron chi connectivity index (χ2n) is 1.79. The lowest BCUT2D eigenvalue weighted by Crippen LogP contribution is -1.64. The molecule has 0 aliphatic carbocycles. The highest BCUT2D eigenvalue weighted by molar-refractivity contribution is 5.72. The monoisotopic (exact) mass is 124 g/mol. The lowest BCUT2D eigenvalue weighted by molar-refractivity contribution is 0.338. The third kappa shape index (κ3) is 0.468. The highest BCUT2D eigenvalue weighted by Gasteiger charge is 2.05. The number of nitrogens with zero attached hydrogens (tertiary/aromatic N) is 2. The first-order valence-electron chi connectivity index (χ1n) is 2.54. The van der Waals surface area contributed by atoms with E-state index >= 15 is 0 Å². The van der Waals surface area contributed by atoms with Crippen LogP contribution in [0.5, 0.6) is 0 Å². The Morgan fingerprint density at radius 3 is 3.11 bits per heavy atom. The largest absolute Gasteiger partial charge is 0.348 e. The van der Waals surface area contributed by atoms with Crippen LogP contribution >= 0.6 is 0 Å². The van der Waals surface area contributed by atoms with Gasteiger partial charge in [0.15, 0.2) is 0 Å². The number of hydrogen-bond donors (Lipinski definition) is 0. The lowest BCUT2D eigenvalue weighted by Gasteiger charge is -1.67. The second kappa shape index (κ2) is 1.34. The standard InChI is InChI=1S/C5H4N2O2/c1-3-4-2-6-8-5(4)9-7-3/h2H,1H3. The minimum absolute atomic E-state index is 0.396. The van der Waals surface area contributed by atoms with Gasteiger partial charge in [-0.05, 0) is 6.92 Å². The minimum Gasteiger partial charge on any atom is -0.315 e. The van der Waals surface area contributed by atoms with E-state index in [1.165, 1.54) is 0 Å². The van der Waals surface area contributed by atoms with E-state index in [-0.39, 0.29) is 0 Å². The quantitative estimate of drug-likeness (QED) is 0.528. The molecule has 0 atom stereocenters. The van der Waals surface area contributed by atoms with Gasteiger partial charge in [0, 0.05) is 0 Å². The molecule has 2 aromatic rings. The molecule has 0 aromatic carbocycles. The Bertz CT molecular complexity index is 322. The Balaban J connectivity index is 2.99. The first kappa shape index (κ1) is 4.55. The summed E-state index contributed by atoms with van der Waals surface area (Å²) in [6.07, 6.45) is 1.58. The summed E-state index contributed by atoms with van der Waals surface area (Å²) in [4.78, 5) is 0. The Hall–Kier alpha value is -1.32. The van der Waals surface area contributed by atoms with Crippen molar-refractivity contribution >= 4 is 11.2 Å². The Kier molecular flexibility index (Phi) is 0.677. The van der Waals surface area contributed by atoms with Crippen molar-refractivity contribution < 1.29 is 9.05 Å². The van der Waals surface area contributed by atoms with E-state index in [9.17, 15) is 0 Å². The van der Waals surface area contributed by atoms with Crippen LogP contribution in [-0.2, 0) is 0 Å². The number of aryl methyl sites for hydroxylation is 1. The molecule has 2 rings (SSSR count). The van der Waals surface area contributed by atoms with Crippen molar-refractivity contribution in [2.45, 2.75) is 6.92 Å². The summed E-state index contributed by atoms with van der Waals surface area (Å²) < 4.78 is 9.37. The molecule has 2 aromatic heterocycles. The summed E-state index contributed by atoms with van der Waals surface area (Å²) in [7, 11) is 0. The molecule has 0 aliphatic rings. The van der Waals surface area contributed by atoms with Gasteiger partial charge in [0.25, 0.3) is 0 Å². The molecule has 0 saturated carbocycles. The molecule has 0 spiro atoms. The fraction of sp³-hybridized carbons (Fsp3) is 0.200. The minimum atomic E-state index is 0.396. The maximum Gasteiger partial charge on any atom is 0.348 e. The van der Waals surface area contributed by atoms with Gasteiger partial charge in [-0.25, -0.2) is 0 Å². The SMILES string of the molecule is Cc1noc2oncc12. The zero-order valence-corrected chi connectivity index (χ0v) is 4.79. The van der Waals surface area contributed by atoms with Gasteiger partial charge in [-0.1, -0.05) is 10.3 Å². The van der Waals surface area contributed by atoms with Crippen molar-refractivity contribution in [2.75, 3.05) is 0 Å². The zero-order chi connectivity index (χ0) is 6.27. The van der Waals surface area contributed by atoms with Crippen LogP contribution in [0.4, 0.5) is 0 Å². The lowest BCUT2D eigenvalue weighted by atomic mass is 10.4. The Morgan fingerprint density at radius 2 is 2.33 bits per heavy atom. The van der Waals surface area contributed by atoms with Crippen molar-refractivity contribution in [1.29, 1.82) is 0 Å². The topological polar surface area (TPSA) is 52.1 Å². The molecular formula is C5H4N2O2. The number of rotatable bonds is 0. The van der Waals surface area contributed by atoms with Crippen LogP contribution in [-0.4, -0.2) is 10.3 Å². The summed E-state index contributed by atoms with van der Waals surface area (Å²) in [5, 5.41) is 8.00. The molecule has 0 N–H and O–H groups in total. The van der Waals surface area contributed by atoms with Crippen molar-refractivity contribution in [3.05, 3.63) is 11.9 Å². The third-order valence-electron chi connectivity index (χ3n) is 1.19. The van der Waals surface area contributed by atoms with E-state index < -0.39 is 0 Å². The molecule has 0 saturated heterocycles. The molecule has 0 fully saturated rings. The van der Waals surface area contributed by atoms with Crippen LogP contribution in [0.1, 0.15) is 5.69 Å². The van der Waals surface area contributed by atoms with E-state index in [0.717, 1.165) is 11.1 Å². The van der Waals surface area contributed by atoms with Crippen LogP contribution in [0, 0.1) is 6.92 Å². The molecule has 0 amide bonds. The van der Waals surface area contributed by atoms with E-state index in [4.69, 9.17) is 4.52 Å². The molecule has 0 bridgehead atoms. The van der Waals surface area contributed by atoms with Crippen molar-refractivity contribution in [2.24, 2.45) is 0 Å². The highest BCUT2D eigenvalue weighted by Crippen LogP contribution is 2.15. The number of fused-ring (bicyclic) bond motifs is 1. The first-order valence-corrected chi connectivity index (χ1v) is 2.54. The van der Waals surface area contributed by atoms with Crippen LogP contribution in [0.2, 0.25) is 0 Å². The maximum absolute atomic E-state index is 4.71. The van der Waals surface area contributed by atoms with Gasteiger partial charge in [0.2, 0.25) is 0 Å². The van der Waals surface area contributed by atoms with Gasteiger partial charge in [-0.3, -0.25) is 0 Å². The van der Waals surface area contributed by atoms with Crippen molar-refractivity contribution in [3.8, 4) is 0 Å². The van der Waals surface area contributed by atoms with Crippen LogP contribution < -0.4 is 0 Å². The maximum atomic E-state index is 4.71. The Labute approximate surface area is 50.4 Å². The molecule has 0 radical (unpaired) electrons. The normalized spacial score (nSPS) is 10.8. The second-order valence-corrected chi connectivity index (χ2v) is 1.79. The highest BCUT2D eigenvalue weighted by atomic mass is 16.6. The zero-order valence-electron chi connectivity index (χ0n) is 4.79. The van der Waals surface area contributed by atoms with E-state index in [2.05, 4.69) is 14.8 Å². The van der Waals surface area contributed by atoms with Crippen LogP contribution in [0.25, 0.3) is 11.2 Å². The predicted molar refractivity (Wildman–Crippen MR) is 28.8 cm³/mol. The van der Waals surface area contributed by atoms with Gasteiger partial charge in [0.1, 0.15) is 5.39 Å². The van der Waals surface area contributed by atoms with Crippen LogP contribution in [0.15, 0.2) is 15.2 Å². The summed E-state index contributed by atoms with van der Waals surface area (Å²) in [5.41, 5.74) is 0.811. The molecule has 0 unspecified atom stereocenters. The van der Waals surface area contributed by atoms with Crippen LogP contribution in [0.3, 0.4) is 0 Å². The first-order chi connectivity index (χ1) is 4.38.